The number of ether oxygens (including phenoxy) is 2. The van der Waals surface area contributed by atoms with E-state index in [-0.39, 0.29) is 27.1 Å². The molecular formula is C27H24N2O5S2. The van der Waals surface area contributed by atoms with Crippen LogP contribution in [0.5, 0.6) is 11.5 Å². The number of nitrogens with one attached hydrogen (secondary N) is 1. The number of hydrogen-bond donors (Lipinski definition) is 2. The van der Waals surface area contributed by atoms with Gasteiger partial charge in [0.1, 0.15) is 14.8 Å². The fraction of sp³-hybridized carbons (Fsp3) is 0.148. The van der Waals surface area contributed by atoms with Crippen molar-refractivity contribution in [1.29, 1.82) is 0 Å². The minimum absolute atomic E-state index is 0.0812. The van der Waals surface area contributed by atoms with Crippen LogP contribution in [0.4, 0.5) is 16.4 Å². The molecule has 36 heavy (non-hydrogen) atoms. The molecule has 0 saturated carbocycles. The monoisotopic (exact) mass is 520 g/mol. The number of nitrogens with two attached hydrogens (primary N) is 1. The Labute approximate surface area is 213 Å². The van der Waals surface area contributed by atoms with Crippen LogP contribution in [0.1, 0.15) is 33.3 Å². The van der Waals surface area contributed by atoms with Gasteiger partial charge in [-0.05, 0) is 54.8 Å². The fourth-order valence-electron chi connectivity index (χ4n) is 4.15. The number of aryl methyl sites for hydroxylation is 2. The molecule has 0 aliphatic carbocycles. The number of rotatable bonds is 7. The van der Waals surface area contributed by atoms with E-state index < -0.39 is 15.6 Å². The largest absolute Gasteiger partial charge is 0.454 e. The van der Waals surface area contributed by atoms with Crippen molar-refractivity contribution in [2.45, 2.75) is 30.1 Å². The number of benzene rings is 3. The van der Waals surface area contributed by atoms with Crippen molar-refractivity contribution >= 4 is 43.3 Å². The summed E-state index contributed by atoms with van der Waals surface area (Å²) in [5.41, 5.74) is 9.47. The molecule has 1 aliphatic heterocycles. The zero-order valence-electron chi connectivity index (χ0n) is 19.7. The molecule has 0 spiro atoms. The summed E-state index contributed by atoms with van der Waals surface area (Å²) in [6.07, 6.45) is 0.745. The molecule has 3 aromatic carbocycles. The number of anilines is 3. The van der Waals surface area contributed by atoms with Gasteiger partial charge in [-0.15, -0.1) is 11.3 Å². The van der Waals surface area contributed by atoms with Crippen LogP contribution in [0.15, 0.2) is 76.5 Å². The first-order valence-electron chi connectivity index (χ1n) is 11.3. The second-order valence-electron chi connectivity index (χ2n) is 8.30. The highest BCUT2D eigenvalue weighted by Crippen LogP contribution is 2.45. The van der Waals surface area contributed by atoms with E-state index in [1.165, 1.54) is 12.1 Å². The first-order chi connectivity index (χ1) is 17.3. The van der Waals surface area contributed by atoms with Crippen molar-refractivity contribution in [3.05, 3.63) is 88.3 Å². The molecule has 0 radical (unpaired) electrons. The molecule has 1 aromatic heterocycles. The summed E-state index contributed by atoms with van der Waals surface area (Å²) in [7, 11) is -4.03. The van der Waals surface area contributed by atoms with Gasteiger partial charge in [0.05, 0.1) is 10.6 Å². The highest BCUT2D eigenvalue weighted by atomic mass is 32.2. The van der Waals surface area contributed by atoms with Crippen LogP contribution < -0.4 is 20.5 Å². The Morgan fingerprint density at radius 2 is 1.78 bits per heavy atom. The summed E-state index contributed by atoms with van der Waals surface area (Å²) < 4.78 is 38.3. The molecule has 0 bridgehead atoms. The molecule has 0 unspecified atom stereocenters. The highest BCUT2D eigenvalue weighted by molar-refractivity contribution is 7.92. The quantitative estimate of drug-likeness (QED) is 0.299. The fourth-order valence-corrected chi connectivity index (χ4v) is 7.09. The molecule has 0 atom stereocenters. The van der Waals surface area contributed by atoms with E-state index >= 15 is 0 Å². The van der Waals surface area contributed by atoms with Gasteiger partial charge >= 0.3 is 0 Å². The van der Waals surface area contributed by atoms with E-state index in [0.717, 1.165) is 34.6 Å². The van der Waals surface area contributed by atoms with E-state index in [1.54, 1.807) is 36.4 Å². The second kappa shape index (κ2) is 9.33. The van der Waals surface area contributed by atoms with E-state index in [4.69, 9.17) is 15.2 Å². The SMILES string of the molecule is CCc1cccc(C)c1Nc1sc(C(=O)c2ccc3c(c2)OCO3)c(N)c1S(=O)(=O)c1ccccc1. The lowest BCUT2D eigenvalue weighted by Crippen LogP contribution is -2.09. The predicted molar refractivity (Wildman–Crippen MR) is 140 cm³/mol. The van der Waals surface area contributed by atoms with Gasteiger partial charge in [-0.3, -0.25) is 4.79 Å². The minimum Gasteiger partial charge on any atom is -0.454 e. The van der Waals surface area contributed by atoms with Crippen molar-refractivity contribution in [1.82, 2.24) is 0 Å². The van der Waals surface area contributed by atoms with Crippen LogP contribution in [-0.2, 0) is 16.3 Å². The summed E-state index contributed by atoms with van der Waals surface area (Å²) in [6, 6.07) is 18.8. The maximum atomic E-state index is 13.8. The standard InChI is InChI=1S/C27H24N2O5S2/c1-3-17-9-7-8-16(2)23(17)29-27-26(36(31,32)19-10-5-4-6-11-19)22(28)25(35-27)24(30)18-12-13-20-21(14-18)34-15-33-20/h4-14,29H,3,15,28H2,1-2H3. The van der Waals surface area contributed by atoms with Gasteiger partial charge in [0, 0.05) is 11.3 Å². The maximum Gasteiger partial charge on any atom is 0.231 e. The lowest BCUT2D eigenvalue weighted by molar-refractivity contribution is 0.104. The summed E-state index contributed by atoms with van der Waals surface area (Å²) in [6.45, 7) is 4.05. The van der Waals surface area contributed by atoms with E-state index in [9.17, 15) is 13.2 Å². The Morgan fingerprint density at radius 3 is 2.53 bits per heavy atom. The Bertz CT molecular complexity index is 1580. The van der Waals surface area contributed by atoms with Gasteiger partial charge in [0.2, 0.25) is 22.4 Å². The van der Waals surface area contributed by atoms with E-state index in [2.05, 4.69) is 5.32 Å². The second-order valence-corrected chi connectivity index (χ2v) is 11.2. The molecule has 1 aliphatic rings. The zero-order valence-corrected chi connectivity index (χ0v) is 21.3. The number of carbonyl (C=O) groups excluding carboxylic acids is 1. The Hall–Kier alpha value is -3.82. The minimum atomic E-state index is -4.03. The number of ketones is 1. The first-order valence-corrected chi connectivity index (χ1v) is 13.6. The molecule has 3 N–H and O–H groups in total. The zero-order chi connectivity index (χ0) is 25.4. The van der Waals surface area contributed by atoms with E-state index in [0.29, 0.717) is 22.1 Å². The average molecular weight is 521 g/mol. The maximum absolute atomic E-state index is 13.8. The molecule has 0 fully saturated rings. The van der Waals surface area contributed by atoms with Crippen LogP contribution >= 0.6 is 11.3 Å². The highest BCUT2D eigenvalue weighted by Gasteiger charge is 2.32. The van der Waals surface area contributed by atoms with Crippen LogP contribution in [0.3, 0.4) is 0 Å². The first kappa shape index (κ1) is 23.9. The van der Waals surface area contributed by atoms with E-state index in [1.807, 2.05) is 32.0 Å². The van der Waals surface area contributed by atoms with Gasteiger partial charge in [0.25, 0.3) is 0 Å². The number of fused-ring (bicyclic) bond motifs is 1. The molecule has 7 nitrogen and oxygen atoms in total. The number of thiophene rings is 1. The van der Waals surface area contributed by atoms with Crippen molar-refractivity contribution < 1.29 is 22.7 Å². The Morgan fingerprint density at radius 1 is 1.03 bits per heavy atom. The third kappa shape index (κ3) is 4.10. The Kier molecular flexibility index (Phi) is 6.19. The van der Waals surface area contributed by atoms with Crippen LogP contribution in [0, 0.1) is 6.92 Å². The van der Waals surface area contributed by atoms with Gasteiger partial charge in [0.15, 0.2) is 11.5 Å². The molecule has 184 valence electrons. The predicted octanol–water partition coefficient (Wildman–Crippen LogP) is 5.74. The number of sulfone groups is 1. The third-order valence-electron chi connectivity index (χ3n) is 6.04. The molecule has 5 rings (SSSR count). The molecule has 9 heteroatoms. The average Bonchev–Trinajstić information content (AvgIpc) is 3.49. The van der Waals surface area contributed by atoms with Crippen LogP contribution in [0.25, 0.3) is 0 Å². The summed E-state index contributed by atoms with van der Waals surface area (Å²) in [5, 5.41) is 3.60. The third-order valence-corrected chi connectivity index (χ3v) is 9.14. The Balaban J connectivity index is 1.67. The molecule has 0 saturated heterocycles. The number of hydrogen-bond acceptors (Lipinski definition) is 8. The van der Waals surface area contributed by atoms with Gasteiger partial charge in [-0.1, -0.05) is 43.3 Å². The summed E-state index contributed by atoms with van der Waals surface area (Å²) >= 11 is 1.03. The summed E-state index contributed by atoms with van der Waals surface area (Å²) in [5.74, 6) is 0.611. The van der Waals surface area contributed by atoms with Crippen LogP contribution in [0.2, 0.25) is 0 Å². The molecule has 2 heterocycles. The lowest BCUT2D eigenvalue weighted by atomic mass is 10.1. The van der Waals surface area contributed by atoms with Gasteiger partial charge < -0.3 is 20.5 Å². The molecule has 4 aromatic rings. The van der Waals surface area contributed by atoms with Crippen molar-refractivity contribution in [3.63, 3.8) is 0 Å². The van der Waals surface area contributed by atoms with Crippen molar-refractivity contribution in [2.75, 3.05) is 17.8 Å². The van der Waals surface area contributed by atoms with Crippen molar-refractivity contribution in [3.8, 4) is 11.5 Å². The normalized spacial score (nSPS) is 12.5. The topological polar surface area (TPSA) is 108 Å². The lowest BCUT2D eigenvalue weighted by Gasteiger charge is -2.14. The summed E-state index contributed by atoms with van der Waals surface area (Å²) in [4.78, 5) is 13.7. The number of carbonyl (C=O) groups is 1. The van der Waals surface area contributed by atoms with Crippen molar-refractivity contribution in [2.24, 2.45) is 0 Å². The van der Waals surface area contributed by atoms with Gasteiger partial charge in [-0.2, -0.15) is 0 Å². The number of nitrogen functional groups attached to an aromatic ring is 1. The molecule has 0 amide bonds. The molecular weight excluding hydrogens is 496 g/mol. The van der Waals surface area contributed by atoms with Crippen LogP contribution in [-0.4, -0.2) is 21.0 Å². The van der Waals surface area contributed by atoms with Gasteiger partial charge in [-0.25, -0.2) is 8.42 Å². The smallest absolute Gasteiger partial charge is 0.231 e. The number of para-hydroxylation sites is 1.